The fraction of sp³-hybridized carbons (Fsp3) is 0.270. The van der Waals surface area contributed by atoms with Crippen LogP contribution in [0, 0.1) is 6.92 Å². The predicted molar refractivity (Wildman–Crippen MR) is 173 cm³/mol. The minimum absolute atomic E-state index is 0.168. The van der Waals surface area contributed by atoms with Gasteiger partial charge < -0.3 is 28.8 Å². The first-order valence-electron chi connectivity index (χ1n) is 15.3. The topological polar surface area (TPSA) is 109 Å². The van der Waals surface area contributed by atoms with E-state index < -0.39 is 17.9 Å². The number of esters is 2. The molecule has 0 amide bonds. The third-order valence-electron chi connectivity index (χ3n) is 7.64. The fourth-order valence-corrected chi connectivity index (χ4v) is 5.53. The standard InChI is InChI=1S/C37H38N2O7/c1-6-42-36(40)31-23(3)38-24(4)32(37(41)43-7-2)34(31)33-25(5)46-39-35(33)28-18-19-29(44-21-26-14-10-8-11-15-26)30(20-28)45-22-27-16-12-9-13-17-27/h8-20,34,38H,6-7,21-22H2,1-5H3. The Morgan fingerprint density at radius 3 is 1.78 bits per heavy atom. The summed E-state index contributed by atoms with van der Waals surface area (Å²) >= 11 is 0. The van der Waals surface area contributed by atoms with Gasteiger partial charge in [-0.15, -0.1) is 0 Å². The number of hydrogen-bond donors (Lipinski definition) is 1. The van der Waals surface area contributed by atoms with Crippen molar-refractivity contribution in [1.82, 2.24) is 10.5 Å². The highest BCUT2D eigenvalue weighted by Crippen LogP contribution is 2.45. The summed E-state index contributed by atoms with van der Waals surface area (Å²) in [6, 6.07) is 25.2. The van der Waals surface area contributed by atoms with Gasteiger partial charge in [0.25, 0.3) is 0 Å². The molecule has 0 fully saturated rings. The normalized spacial score (nSPS) is 13.3. The van der Waals surface area contributed by atoms with Crippen LogP contribution < -0.4 is 14.8 Å². The first-order chi connectivity index (χ1) is 22.3. The number of dihydropyridines is 1. The van der Waals surface area contributed by atoms with Crippen molar-refractivity contribution in [2.75, 3.05) is 13.2 Å². The van der Waals surface area contributed by atoms with Crippen molar-refractivity contribution >= 4 is 11.9 Å². The van der Waals surface area contributed by atoms with Gasteiger partial charge in [0.05, 0.1) is 30.3 Å². The van der Waals surface area contributed by atoms with Crippen molar-refractivity contribution in [1.29, 1.82) is 0 Å². The number of aromatic nitrogens is 1. The van der Waals surface area contributed by atoms with Crippen molar-refractivity contribution in [3.05, 3.63) is 124 Å². The van der Waals surface area contributed by atoms with Crippen molar-refractivity contribution < 1.29 is 33.1 Å². The van der Waals surface area contributed by atoms with Gasteiger partial charge in [-0.25, -0.2) is 9.59 Å². The van der Waals surface area contributed by atoms with Gasteiger partial charge >= 0.3 is 11.9 Å². The molecule has 0 saturated carbocycles. The lowest BCUT2D eigenvalue weighted by Crippen LogP contribution is -2.33. The van der Waals surface area contributed by atoms with Crippen LogP contribution in [-0.4, -0.2) is 30.3 Å². The molecule has 46 heavy (non-hydrogen) atoms. The molecule has 3 aromatic carbocycles. The van der Waals surface area contributed by atoms with Gasteiger partial charge in [-0.05, 0) is 63.9 Å². The second-order valence-electron chi connectivity index (χ2n) is 10.8. The molecule has 0 radical (unpaired) electrons. The van der Waals surface area contributed by atoms with E-state index in [1.165, 1.54) is 0 Å². The SMILES string of the molecule is CCOC(=O)C1=C(C)NC(C)=C(C(=O)OCC)C1c1c(-c2ccc(OCc3ccccc3)c(OCc3ccccc3)c2)noc1C. The number of carbonyl (C=O) groups is 2. The Kier molecular flexibility index (Phi) is 10.2. The van der Waals surface area contributed by atoms with E-state index in [9.17, 15) is 9.59 Å². The summed E-state index contributed by atoms with van der Waals surface area (Å²) in [5.74, 6) is -0.447. The summed E-state index contributed by atoms with van der Waals surface area (Å²) in [6.45, 7) is 9.79. The zero-order valence-corrected chi connectivity index (χ0v) is 26.7. The van der Waals surface area contributed by atoms with E-state index in [-0.39, 0.29) is 24.4 Å². The monoisotopic (exact) mass is 622 g/mol. The first-order valence-corrected chi connectivity index (χ1v) is 15.3. The van der Waals surface area contributed by atoms with Crippen molar-refractivity contribution in [3.63, 3.8) is 0 Å². The molecule has 1 aromatic heterocycles. The minimum atomic E-state index is -0.858. The third-order valence-corrected chi connectivity index (χ3v) is 7.64. The number of rotatable bonds is 12. The van der Waals surface area contributed by atoms with Crippen LogP contribution in [0.2, 0.25) is 0 Å². The lowest BCUT2D eigenvalue weighted by Gasteiger charge is -2.30. The number of nitrogens with one attached hydrogen (secondary N) is 1. The molecule has 5 rings (SSSR count). The average Bonchev–Trinajstić information content (AvgIpc) is 3.44. The molecular weight excluding hydrogens is 584 g/mol. The van der Waals surface area contributed by atoms with Crippen LogP contribution >= 0.6 is 0 Å². The second-order valence-corrected chi connectivity index (χ2v) is 10.8. The van der Waals surface area contributed by atoms with Gasteiger partial charge in [-0.1, -0.05) is 65.8 Å². The van der Waals surface area contributed by atoms with E-state index >= 15 is 0 Å². The Labute approximate surface area is 268 Å². The van der Waals surface area contributed by atoms with Gasteiger partial charge in [0.1, 0.15) is 24.7 Å². The molecule has 0 atom stereocenters. The summed E-state index contributed by atoms with van der Waals surface area (Å²) in [5, 5.41) is 7.61. The second kappa shape index (κ2) is 14.6. The van der Waals surface area contributed by atoms with Crippen LogP contribution in [-0.2, 0) is 32.3 Å². The number of nitrogens with zero attached hydrogens (tertiary/aromatic N) is 1. The molecule has 238 valence electrons. The van der Waals surface area contributed by atoms with Gasteiger partial charge in [0.15, 0.2) is 11.5 Å². The van der Waals surface area contributed by atoms with Crippen molar-refractivity contribution in [2.45, 2.75) is 53.8 Å². The maximum absolute atomic E-state index is 13.4. The number of benzene rings is 3. The highest BCUT2D eigenvalue weighted by atomic mass is 16.5. The Hall–Kier alpha value is -5.31. The first kappa shape index (κ1) is 32.1. The molecular formula is C37H38N2O7. The number of carbonyl (C=O) groups excluding carboxylic acids is 2. The maximum Gasteiger partial charge on any atom is 0.336 e. The van der Waals surface area contributed by atoms with E-state index in [0.29, 0.717) is 58.7 Å². The number of ether oxygens (including phenoxy) is 4. The fourth-order valence-electron chi connectivity index (χ4n) is 5.53. The molecule has 9 nitrogen and oxygen atoms in total. The van der Waals surface area contributed by atoms with Gasteiger partial charge in [-0.3, -0.25) is 0 Å². The van der Waals surface area contributed by atoms with Crippen molar-refractivity contribution in [3.8, 4) is 22.8 Å². The van der Waals surface area contributed by atoms with Gasteiger partial charge in [0, 0.05) is 22.5 Å². The molecule has 0 spiro atoms. The minimum Gasteiger partial charge on any atom is -0.485 e. The largest absolute Gasteiger partial charge is 0.485 e. The summed E-state index contributed by atoms with van der Waals surface area (Å²) < 4.78 is 29.2. The van der Waals surface area contributed by atoms with Crippen LogP contribution in [0.1, 0.15) is 56.1 Å². The van der Waals surface area contributed by atoms with E-state index in [2.05, 4.69) is 10.5 Å². The molecule has 0 saturated heterocycles. The van der Waals surface area contributed by atoms with Crippen LogP contribution in [0.3, 0.4) is 0 Å². The van der Waals surface area contributed by atoms with Crippen LogP contribution in [0.4, 0.5) is 0 Å². The Morgan fingerprint density at radius 1 is 0.739 bits per heavy atom. The molecule has 0 unspecified atom stereocenters. The van der Waals surface area contributed by atoms with E-state index in [1.807, 2.05) is 78.9 Å². The highest BCUT2D eigenvalue weighted by Gasteiger charge is 2.41. The molecule has 0 bridgehead atoms. The summed E-state index contributed by atoms with van der Waals surface area (Å²) in [7, 11) is 0. The van der Waals surface area contributed by atoms with Gasteiger partial charge in [-0.2, -0.15) is 0 Å². The third kappa shape index (κ3) is 6.99. The maximum atomic E-state index is 13.4. The highest BCUT2D eigenvalue weighted by molar-refractivity contribution is 6.00. The molecule has 2 heterocycles. The molecule has 1 aliphatic rings. The predicted octanol–water partition coefficient (Wildman–Crippen LogP) is 7.17. The van der Waals surface area contributed by atoms with E-state index in [0.717, 1.165) is 11.1 Å². The van der Waals surface area contributed by atoms with E-state index in [4.69, 9.17) is 23.5 Å². The Balaban J connectivity index is 1.60. The van der Waals surface area contributed by atoms with Crippen LogP contribution in [0.15, 0.2) is 106 Å². The van der Waals surface area contributed by atoms with E-state index in [1.54, 1.807) is 34.6 Å². The van der Waals surface area contributed by atoms with Crippen LogP contribution in [0.25, 0.3) is 11.3 Å². The molecule has 0 aliphatic carbocycles. The lowest BCUT2D eigenvalue weighted by molar-refractivity contribution is -0.139. The number of aryl methyl sites for hydroxylation is 1. The lowest BCUT2D eigenvalue weighted by atomic mass is 9.78. The van der Waals surface area contributed by atoms with Crippen molar-refractivity contribution in [2.24, 2.45) is 0 Å². The molecule has 9 heteroatoms. The quantitative estimate of drug-likeness (QED) is 0.165. The average molecular weight is 623 g/mol. The molecule has 4 aromatic rings. The molecule has 1 aliphatic heterocycles. The Bertz CT molecular complexity index is 1720. The Morgan fingerprint density at radius 2 is 1.26 bits per heavy atom. The smallest absolute Gasteiger partial charge is 0.336 e. The number of allylic oxidation sites excluding steroid dienone is 2. The van der Waals surface area contributed by atoms with Gasteiger partial charge in [0.2, 0.25) is 0 Å². The summed E-state index contributed by atoms with van der Waals surface area (Å²) in [6.07, 6.45) is 0. The summed E-state index contributed by atoms with van der Waals surface area (Å²) in [4.78, 5) is 26.9. The number of hydrogen-bond acceptors (Lipinski definition) is 9. The van der Waals surface area contributed by atoms with Crippen LogP contribution in [0.5, 0.6) is 11.5 Å². The zero-order valence-electron chi connectivity index (χ0n) is 26.7. The zero-order chi connectivity index (χ0) is 32.6. The summed E-state index contributed by atoms with van der Waals surface area (Å²) in [5.41, 5.74) is 5.37. The molecule has 1 N–H and O–H groups in total.